The molecular weight excluding hydrogens is 414 g/mol. The molecule has 0 saturated carbocycles. The van der Waals surface area contributed by atoms with Gasteiger partial charge in [0.1, 0.15) is 0 Å². The molecule has 0 aromatic rings. The molecule has 0 bridgehead atoms. The minimum Gasteiger partial charge on any atom is -0.790 e. The van der Waals surface area contributed by atoms with Gasteiger partial charge in [0.15, 0.2) is 5.60 Å². The Balaban J connectivity index is -0.000000354. The van der Waals surface area contributed by atoms with Gasteiger partial charge in [-0.05, 0) is 0 Å². The zero-order valence-electron chi connectivity index (χ0n) is 10.5. The molecule has 0 rings (SSSR count). The number of carboxylic acids is 3. The molecule has 17 heteroatoms. The Morgan fingerprint density at radius 1 is 0.870 bits per heavy atom. The SMILES string of the molecule is O=C(O)CC(O)(CC(=O)O)C(=O)O.O=P([O-])([O-])OP(=O)([O-])[O-].[Fe+3]. The second-order valence-electron chi connectivity index (χ2n) is 3.45. The quantitative estimate of drug-likeness (QED) is 0.222. The van der Waals surface area contributed by atoms with Crippen molar-refractivity contribution in [2.45, 2.75) is 18.4 Å². The molecule has 23 heavy (non-hydrogen) atoms. The Hall–Kier alpha value is -0.851. The summed E-state index contributed by atoms with van der Waals surface area (Å²) in [5.74, 6) is -5.02. The number of hydrogen-bond donors (Lipinski definition) is 4. The van der Waals surface area contributed by atoms with Crippen LogP contribution < -0.4 is 19.6 Å². The fourth-order valence-electron chi connectivity index (χ4n) is 0.837. The summed E-state index contributed by atoms with van der Waals surface area (Å²) >= 11 is 0. The Labute approximate surface area is 137 Å². The summed E-state index contributed by atoms with van der Waals surface area (Å²) in [7, 11) is -11.4. The molecule has 4 N–H and O–H groups in total. The van der Waals surface area contributed by atoms with Crippen molar-refractivity contribution >= 4 is 33.6 Å². The van der Waals surface area contributed by atoms with Gasteiger partial charge in [0.05, 0.1) is 28.5 Å². The Morgan fingerprint density at radius 3 is 1.22 bits per heavy atom. The van der Waals surface area contributed by atoms with Crippen LogP contribution in [0, 0.1) is 0 Å². The maximum Gasteiger partial charge on any atom is 3.00 e. The van der Waals surface area contributed by atoms with Gasteiger partial charge in [0.2, 0.25) is 0 Å². The van der Waals surface area contributed by atoms with Gasteiger partial charge in [0, 0.05) is 0 Å². The first-order valence-corrected chi connectivity index (χ1v) is 7.55. The van der Waals surface area contributed by atoms with Crippen molar-refractivity contribution in [3.05, 3.63) is 0 Å². The smallest absolute Gasteiger partial charge is 0.790 e. The van der Waals surface area contributed by atoms with Gasteiger partial charge in [0.25, 0.3) is 0 Å². The molecule has 0 unspecified atom stereocenters. The molecule has 0 aromatic heterocycles. The largest absolute Gasteiger partial charge is 3.00 e. The van der Waals surface area contributed by atoms with E-state index in [1.807, 2.05) is 0 Å². The molecule has 0 spiro atoms. The van der Waals surface area contributed by atoms with Crippen LogP contribution in [0.5, 0.6) is 0 Å². The average Bonchev–Trinajstić information content (AvgIpc) is 2.08. The van der Waals surface area contributed by atoms with Crippen LogP contribution in [0.15, 0.2) is 0 Å². The van der Waals surface area contributed by atoms with Crippen LogP contribution in [0.25, 0.3) is 0 Å². The zero-order valence-corrected chi connectivity index (χ0v) is 13.4. The van der Waals surface area contributed by atoms with Crippen molar-refractivity contribution in [2.75, 3.05) is 0 Å². The number of aliphatic hydroxyl groups is 1. The van der Waals surface area contributed by atoms with Crippen LogP contribution in [0.4, 0.5) is 0 Å². The van der Waals surface area contributed by atoms with E-state index >= 15 is 0 Å². The van der Waals surface area contributed by atoms with Crippen LogP contribution in [0.3, 0.4) is 0 Å². The van der Waals surface area contributed by atoms with E-state index in [-0.39, 0.29) is 17.1 Å². The second-order valence-corrected chi connectivity index (χ2v) is 5.90. The molecule has 1 radical (unpaired) electrons. The van der Waals surface area contributed by atoms with E-state index in [9.17, 15) is 43.1 Å². The molecule has 14 nitrogen and oxygen atoms in total. The first kappa shape index (κ1) is 27.0. The monoisotopic (exact) mass is 422 g/mol. The predicted molar refractivity (Wildman–Crippen MR) is 53.4 cm³/mol. The molecule has 0 heterocycles. The maximum absolute atomic E-state index is 10.3. The summed E-state index contributed by atoms with van der Waals surface area (Å²) in [6.45, 7) is 0. The maximum atomic E-state index is 10.3. The summed E-state index contributed by atoms with van der Waals surface area (Å²) in [5, 5.41) is 33.8. The Bertz CT molecular complexity index is 481. The Morgan fingerprint density at radius 2 is 1.13 bits per heavy atom. The summed E-state index contributed by atoms with van der Waals surface area (Å²) in [5.41, 5.74) is -2.74. The summed E-state index contributed by atoms with van der Waals surface area (Å²) in [4.78, 5) is 67.8. The normalized spacial score (nSPS) is 11.5. The predicted octanol–water partition coefficient (Wildman–Crippen LogP) is -4.59. The number of rotatable bonds is 7. The molecule has 0 aromatic carbocycles. The van der Waals surface area contributed by atoms with Gasteiger partial charge in [-0.15, -0.1) is 0 Å². The standard InChI is InChI=1S/C6H8O7.Fe.H4O7P2/c7-3(8)1-6(13,5(11)12)2-4(9)10;;1-8(2,3)7-9(4,5)6/h13H,1-2H2,(H,7,8)(H,9,10)(H,11,12);;(H2,1,2,3)(H2,4,5,6)/q;+3;/p-4. The van der Waals surface area contributed by atoms with E-state index in [1.165, 1.54) is 0 Å². The summed E-state index contributed by atoms with van der Waals surface area (Å²) in [6, 6.07) is 0. The molecule has 0 saturated heterocycles. The molecular formula is C6H8FeO14P2-. The van der Waals surface area contributed by atoms with Crippen molar-refractivity contribution in [2.24, 2.45) is 0 Å². The van der Waals surface area contributed by atoms with Crippen LogP contribution >= 0.6 is 15.6 Å². The molecule has 0 aliphatic rings. The third kappa shape index (κ3) is 17.3. The number of phosphoric acid groups is 2. The topological polar surface area (TPSA) is 268 Å². The van der Waals surface area contributed by atoms with Gasteiger partial charge in [-0.2, -0.15) is 0 Å². The molecule has 135 valence electrons. The van der Waals surface area contributed by atoms with E-state index in [1.54, 1.807) is 0 Å². The molecule has 0 fully saturated rings. The van der Waals surface area contributed by atoms with Gasteiger partial charge in [-0.1, -0.05) is 0 Å². The number of aliphatic carboxylic acids is 3. The van der Waals surface area contributed by atoms with Gasteiger partial charge < -0.3 is 53.4 Å². The van der Waals surface area contributed by atoms with Crippen LogP contribution in [-0.4, -0.2) is 43.9 Å². The second kappa shape index (κ2) is 10.1. The summed E-state index contributed by atoms with van der Waals surface area (Å²) < 4.78 is 21.2. The van der Waals surface area contributed by atoms with Gasteiger partial charge in [-0.3, -0.25) is 9.59 Å². The third-order valence-electron chi connectivity index (χ3n) is 1.49. The molecule has 0 aliphatic carbocycles. The van der Waals surface area contributed by atoms with E-state index in [0.717, 1.165) is 0 Å². The number of hydrogen-bond acceptors (Lipinski definition) is 11. The van der Waals surface area contributed by atoms with Gasteiger partial charge in [-0.25, -0.2) is 4.79 Å². The minimum atomic E-state index is -5.68. The fourth-order valence-corrected chi connectivity index (χ4v) is 1.82. The van der Waals surface area contributed by atoms with E-state index < -0.39 is 52.0 Å². The van der Waals surface area contributed by atoms with Crippen LogP contribution in [-0.2, 0) is 44.9 Å². The molecule has 0 atom stereocenters. The van der Waals surface area contributed by atoms with Crippen LogP contribution in [0.1, 0.15) is 12.8 Å². The van der Waals surface area contributed by atoms with Gasteiger partial charge >= 0.3 is 35.0 Å². The third-order valence-corrected chi connectivity index (χ3v) is 3.09. The zero-order chi connectivity index (χ0) is 18.4. The van der Waals surface area contributed by atoms with E-state index in [0.29, 0.717) is 0 Å². The summed E-state index contributed by atoms with van der Waals surface area (Å²) in [6.07, 6.45) is -2.29. The van der Waals surface area contributed by atoms with Crippen molar-refractivity contribution in [1.82, 2.24) is 0 Å². The van der Waals surface area contributed by atoms with E-state index in [4.69, 9.17) is 20.4 Å². The first-order chi connectivity index (χ1) is 9.48. The van der Waals surface area contributed by atoms with Crippen molar-refractivity contribution in [1.29, 1.82) is 0 Å². The van der Waals surface area contributed by atoms with E-state index in [2.05, 4.69) is 4.31 Å². The number of carbonyl (C=O) groups is 3. The van der Waals surface area contributed by atoms with Crippen LogP contribution in [0.2, 0.25) is 0 Å². The fraction of sp³-hybridized carbons (Fsp3) is 0.500. The number of carboxylic acid groups (broad SMARTS) is 3. The van der Waals surface area contributed by atoms with Crippen molar-refractivity contribution < 1.29 is 84.9 Å². The van der Waals surface area contributed by atoms with Crippen molar-refractivity contribution in [3.63, 3.8) is 0 Å². The minimum absolute atomic E-state index is 0. The average molecular weight is 422 g/mol. The first-order valence-electron chi connectivity index (χ1n) is 4.63. The Kier molecular flexibility index (Phi) is 11.9. The molecule has 0 aliphatic heterocycles. The molecule has 0 amide bonds. The van der Waals surface area contributed by atoms with Crippen molar-refractivity contribution in [3.8, 4) is 0 Å².